The van der Waals surface area contributed by atoms with Crippen molar-refractivity contribution in [1.82, 2.24) is 4.98 Å². The third kappa shape index (κ3) is 2.95. The highest BCUT2D eigenvalue weighted by Crippen LogP contribution is 2.29. The summed E-state index contributed by atoms with van der Waals surface area (Å²) in [5.41, 5.74) is 5.01. The van der Waals surface area contributed by atoms with E-state index in [-0.39, 0.29) is 26.4 Å². The van der Waals surface area contributed by atoms with Crippen molar-refractivity contribution < 1.29 is 12.8 Å². The first-order chi connectivity index (χ1) is 9.31. The van der Waals surface area contributed by atoms with Crippen LogP contribution >= 0.6 is 23.2 Å². The molecule has 0 saturated heterocycles. The van der Waals surface area contributed by atoms with Gasteiger partial charge in [-0.05, 0) is 24.3 Å². The third-order valence-corrected chi connectivity index (χ3v) is 4.44. The van der Waals surface area contributed by atoms with Crippen molar-refractivity contribution >= 4 is 44.7 Å². The molecule has 0 aliphatic heterocycles. The van der Waals surface area contributed by atoms with Crippen LogP contribution in [-0.2, 0) is 10.0 Å². The Labute approximate surface area is 124 Å². The first kappa shape index (κ1) is 14.8. The standard InChI is InChI=1S/C11H8Cl2FN3O2S/c12-6-2-1-3-16-11(6)17-20(18,19)10-5-9(15)8(14)4-7(10)13/h1-5H,15H2,(H,16,17). The molecule has 2 rings (SSSR count). The Morgan fingerprint density at radius 3 is 2.60 bits per heavy atom. The Morgan fingerprint density at radius 1 is 1.25 bits per heavy atom. The van der Waals surface area contributed by atoms with E-state index >= 15 is 0 Å². The Balaban J connectivity index is 2.47. The molecule has 2 aromatic rings. The molecule has 0 atom stereocenters. The molecule has 0 fully saturated rings. The van der Waals surface area contributed by atoms with Crippen molar-refractivity contribution in [1.29, 1.82) is 0 Å². The van der Waals surface area contributed by atoms with Crippen molar-refractivity contribution in [3.05, 3.63) is 46.3 Å². The lowest BCUT2D eigenvalue weighted by Gasteiger charge is -2.10. The van der Waals surface area contributed by atoms with Gasteiger partial charge in [-0.1, -0.05) is 23.2 Å². The smallest absolute Gasteiger partial charge is 0.264 e. The summed E-state index contributed by atoms with van der Waals surface area (Å²) in [5.74, 6) is -0.863. The minimum atomic E-state index is -4.08. The number of nitrogens with one attached hydrogen (secondary N) is 1. The van der Waals surface area contributed by atoms with Gasteiger partial charge in [-0.15, -0.1) is 0 Å². The fourth-order valence-corrected chi connectivity index (χ4v) is 3.20. The minimum Gasteiger partial charge on any atom is -0.396 e. The Kier molecular flexibility index (Phi) is 4.03. The van der Waals surface area contributed by atoms with E-state index in [1.807, 2.05) is 0 Å². The summed E-state index contributed by atoms with van der Waals surface area (Å²) >= 11 is 11.5. The number of sulfonamides is 1. The summed E-state index contributed by atoms with van der Waals surface area (Å²) in [6.45, 7) is 0. The van der Waals surface area contributed by atoms with Gasteiger partial charge in [-0.2, -0.15) is 0 Å². The zero-order valence-corrected chi connectivity index (χ0v) is 12.1. The number of pyridine rings is 1. The van der Waals surface area contributed by atoms with Gasteiger partial charge >= 0.3 is 0 Å². The van der Waals surface area contributed by atoms with E-state index < -0.39 is 15.8 Å². The highest BCUT2D eigenvalue weighted by Gasteiger charge is 2.21. The van der Waals surface area contributed by atoms with Gasteiger partial charge in [0.05, 0.1) is 15.7 Å². The summed E-state index contributed by atoms with van der Waals surface area (Å²) in [4.78, 5) is 3.43. The molecule has 0 spiro atoms. The maximum atomic E-state index is 13.2. The normalized spacial score (nSPS) is 11.3. The predicted molar refractivity (Wildman–Crippen MR) is 75.9 cm³/mol. The lowest BCUT2D eigenvalue weighted by atomic mass is 10.3. The van der Waals surface area contributed by atoms with Crippen molar-refractivity contribution in [2.24, 2.45) is 0 Å². The first-order valence-corrected chi connectivity index (χ1v) is 7.43. The van der Waals surface area contributed by atoms with E-state index in [0.717, 1.165) is 12.1 Å². The SMILES string of the molecule is Nc1cc(S(=O)(=O)Nc2ncccc2Cl)c(Cl)cc1F. The highest BCUT2D eigenvalue weighted by molar-refractivity contribution is 7.92. The predicted octanol–water partition coefficient (Wildman–Crippen LogP) is 2.91. The van der Waals surface area contributed by atoms with E-state index in [2.05, 4.69) is 9.71 Å². The van der Waals surface area contributed by atoms with Crippen molar-refractivity contribution in [3.8, 4) is 0 Å². The molecule has 0 amide bonds. The number of nitrogens with zero attached hydrogens (tertiary/aromatic N) is 1. The van der Waals surface area contributed by atoms with Gasteiger partial charge in [0.25, 0.3) is 10.0 Å². The molecule has 0 bridgehead atoms. The lowest BCUT2D eigenvalue weighted by Crippen LogP contribution is -2.15. The number of hydrogen-bond acceptors (Lipinski definition) is 4. The topological polar surface area (TPSA) is 85.1 Å². The van der Waals surface area contributed by atoms with Crippen LogP contribution < -0.4 is 10.5 Å². The number of anilines is 2. The summed E-state index contributed by atoms with van der Waals surface area (Å²) < 4.78 is 39.7. The molecule has 1 aromatic heterocycles. The number of halogens is 3. The molecular formula is C11H8Cl2FN3O2S. The number of benzene rings is 1. The van der Waals surface area contributed by atoms with Crippen LogP contribution in [0.5, 0.6) is 0 Å². The lowest BCUT2D eigenvalue weighted by molar-refractivity contribution is 0.600. The van der Waals surface area contributed by atoms with Gasteiger partial charge in [0.2, 0.25) is 0 Å². The van der Waals surface area contributed by atoms with Crippen LogP contribution in [0, 0.1) is 5.82 Å². The average molecular weight is 336 g/mol. The minimum absolute atomic E-state index is 0.0619. The second kappa shape index (κ2) is 5.43. The Morgan fingerprint density at radius 2 is 1.95 bits per heavy atom. The zero-order valence-electron chi connectivity index (χ0n) is 9.77. The van der Waals surface area contributed by atoms with Gasteiger partial charge in [0.15, 0.2) is 5.82 Å². The number of aromatic nitrogens is 1. The molecule has 1 aromatic carbocycles. The summed E-state index contributed by atoms with van der Waals surface area (Å²) in [5, 5.41) is -0.182. The molecule has 3 N–H and O–H groups in total. The molecule has 106 valence electrons. The maximum Gasteiger partial charge on any atom is 0.264 e. The second-order valence-electron chi connectivity index (χ2n) is 3.74. The fraction of sp³-hybridized carbons (Fsp3) is 0. The molecule has 0 saturated carbocycles. The van der Waals surface area contributed by atoms with Crippen LogP contribution in [-0.4, -0.2) is 13.4 Å². The molecule has 0 aliphatic rings. The molecule has 9 heteroatoms. The largest absolute Gasteiger partial charge is 0.396 e. The van der Waals surface area contributed by atoms with Gasteiger partial charge in [-0.3, -0.25) is 4.72 Å². The summed E-state index contributed by atoms with van der Waals surface area (Å²) in [6, 6.07) is 4.76. The summed E-state index contributed by atoms with van der Waals surface area (Å²) in [7, 11) is -4.08. The van der Waals surface area contributed by atoms with E-state index in [9.17, 15) is 12.8 Å². The van der Waals surface area contributed by atoms with Crippen LogP contribution in [0.25, 0.3) is 0 Å². The number of rotatable bonds is 3. The molecule has 20 heavy (non-hydrogen) atoms. The Bertz CT molecular complexity index is 768. The van der Waals surface area contributed by atoms with Crippen molar-refractivity contribution in [2.75, 3.05) is 10.5 Å². The molecule has 0 unspecified atom stereocenters. The molecule has 0 aliphatic carbocycles. The number of nitrogen functional groups attached to an aromatic ring is 1. The Hall–Kier alpha value is -1.57. The van der Waals surface area contributed by atoms with Crippen LogP contribution in [0.2, 0.25) is 10.0 Å². The van der Waals surface area contributed by atoms with Crippen molar-refractivity contribution in [3.63, 3.8) is 0 Å². The number of hydrogen-bond donors (Lipinski definition) is 2. The van der Waals surface area contributed by atoms with E-state index in [4.69, 9.17) is 28.9 Å². The molecule has 5 nitrogen and oxygen atoms in total. The van der Waals surface area contributed by atoms with Gasteiger partial charge < -0.3 is 5.73 Å². The molecular weight excluding hydrogens is 328 g/mol. The molecule has 1 heterocycles. The molecule has 0 radical (unpaired) electrons. The average Bonchev–Trinajstić information content (AvgIpc) is 2.36. The quantitative estimate of drug-likeness (QED) is 0.844. The van der Waals surface area contributed by atoms with E-state index in [1.54, 1.807) is 6.07 Å². The third-order valence-electron chi connectivity index (χ3n) is 2.33. The van der Waals surface area contributed by atoms with Gasteiger partial charge in [-0.25, -0.2) is 17.8 Å². The van der Waals surface area contributed by atoms with Crippen LogP contribution in [0.3, 0.4) is 0 Å². The fourth-order valence-electron chi connectivity index (χ4n) is 1.39. The van der Waals surface area contributed by atoms with E-state index in [0.29, 0.717) is 0 Å². The highest BCUT2D eigenvalue weighted by atomic mass is 35.5. The monoisotopic (exact) mass is 335 g/mol. The van der Waals surface area contributed by atoms with E-state index in [1.165, 1.54) is 12.3 Å². The van der Waals surface area contributed by atoms with Crippen LogP contribution in [0.15, 0.2) is 35.4 Å². The summed E-state index contributed by atoms with van der Waals surface area (Å²) in [6.07, 6.45) is 1.37. The van der Waals surface area contributed by atoms with Gasteiger partial charge in [0, 0.05) is 6.20 Å². The zero-order chi connectivity index (χ0) is 14.9. The second-order valence-corrected chi connectivity index (χ2v) is 6.21. The maximum absolute atomic E-state index is 13.2. The van der Waals surface area contributed by atoms with Crippen LogP contribution in [0.1, 0.15) is 0 Å². The first-order valence-electron chi connectivity index (χ1n) is 5.19. The number of nitrogens with two attached hydrogens (primary N) is 1. The van der Waals surface area contributed by atoms with Crippen LogP contribution in [0.4, 0.5) is 15.9 Å². The van der Waals surface area contributed by atoms with Crippen molar-refractivity contribution in [2.45, 2.75) is 4.90 Å². The van der Waals surface area contributed by atoms with Gasteiger partial charge in [0.1, 0.15) is 10.7 Å².